The van der Waals surface area contributed by atoms with E-state index in [4.69, 9.17) is 11.6 Å². The van der Waals surface area contributed by atoms with Gasteiger partial charge in [-0.15, -0.1) is 0 Å². The van der Waals surface area contributed by atoms with Crippen molar-refractivity contribution in [2.45, 2.75) is 6.54 Å². The summed E-state index contributed by atoms with van der Waals surface area (Å²) in [5.74, 6) is 0.276. The summed E-state index contributed by atoms with van der Waals surface area (Å²) < 4.78 is 13.4. The SMILES string of the molecule is O=C(CN1CC2(C1)CN(Cc1cnc(-c3ccccc3)[nH]1)C2)Nc1cc(F)cc(Cl)c1. The first-order valence-corrected chi connectivity index (χ1v) is 10.6. The van der Waals surface area contributed by atoms with Gasteiger partial charge in [0.15, 0.2) is 0 Å². The Labute approximate surface area is 185 Å². The number of rotatable bonds is 6. The van der Waals surface area contributed by atoms with Crippen LogP contribution in [0.3, 0.4) is 0 Å². The zero-order valence-corrected chi connectivity index (χ0v) is 17.7. The molecule has 1 spiro atoms. The second-order valence-corrected chi connectivity index (χ2v) is 9.06. The van der Waals surface area contributed by atoms with Crippen molar-refractivity contribution >= 4 is 23.2 Å². The van der Waals surface area contributed by atoms with Crippen LogP contribution in [0.25, 0.3) is 11.4 Å². The van der Waals surface area contributed by atoms with Crippen molar-refractivity contribution in [3.63, 3.8) is 0 Å². The second kappa shape index (κ2) is 8.07. The smallest absolute Gasteiger partial charge is 0.238 e. The van der Waals surface area contributed by atoms with Gasteiger partial charge in [-0.2, -0.15) is 0 Å². The minimum atomic E-state index is -0.464. The highest BCUT2D eigenvalue weighted by Crippen LogP contribution is 2.40. The third-order valence-electron chi connectivity index (χ3n) is 5.82. The molecule has 3 aromatic rings. The Bertz CT molecular complexity index is 1070. The van der Waals surface area contributed by atoms with Crippen LogP contribution in [-0.4, -0.2) is 58.4 Å². The lowest BCUT2D eigenvalue weighted by Crippen LogP contribution is -2.72. The second-order valence-electron chi connectivity index (χ2n) is 8.62. The highest BCUT2D eigenvalue weighted by molar-refractivity contribution is 6.30. The van der Waals surface area contributed by atoms with Gasteiger partial charge >= 0.3 is 0 Å². The molecule has 1 aromatic heterocycles. The average molecular weight is 440 g/mol. The molecule has 2 aromatic carbocycles. The highest BCUT2D eigenvalue weighted by atomic mass is 35.5. The normalized spacial score (nSPS) is 17.9. The summed E-state index contributed by atoms with van der Waals surface area (Å²) in [6.07, 6.45) is 1.91. The van der Waals surface area contributed by atoms with E-state index in [0.717, 1.165) is 49.8 Å². The van der Waals surface area contributed by atoms with Crippen molar-refractivity contribution in [2.75, 3.05) is 38.0 Å². The van der Waals surface area contributed by atoms with Gasteiger partial charge in [0.2, 0.25) is 5.91 Å². The number of carbonyl (C=O) groups excluding carboxylic acids is 1. The molecule has 2 aliphatic heterocycles. The summed E-state index contributed by atoms with van der Waals surface area (Å²) in [4.78, 5) is 24.7. The Morgan fingerprint density at radius 3 is 2.61 bits per heavy atom. The average Bonchev–Trinajstić information content (AvgIpc) is 3.13. The number of carbonyl (C=O) groups is 1. The number of hydrogen-bond acceptors (Lipinski definition) is 4. The molecule has 31 heavy (non-hydrogen) atoms. The van der Waals surface area contributed by atoms with Crippen molar-refractivity contribution in [3.8, 4) is 11.4 Å². The largest absolute Gasteiger partial charge is 0.341 e. The molecule has 1 amide bonds. The number of nitrogens with one attached hydrogen (secondary N) is 2. The standard InChI is InChI=1S/C23H23ClFN5O/c24-17-6-18(25)8-19(7-17)27-21(31)11-30-14-23(15-30)12-29(13-23)10-20-9-26-22(28-20)16-4-2-1-3-5-16/h1-9H,10-15H2,(H,26,28)(H,27,31). The molecule has 0 aliphatic carbocycles. The fourth-order valence-electron chi connectivity index (χ4n) is 4.68. The molecule has 2 aliphatic rings. The fourth-order valence-corrected chi connectivity index (χ4v) is 4.90. The Morgan fingerprint density at radius 2 is 1.87 bits per heavy atom. The monoisotopic (exact) mass is 439 g/mol. The van der Waals surface area contributed by atoms with E-state index in [2.05, 4.69) is 25.1 Å². The molecule has 6 nitrogen and oxygen atoms in total. The van der Waals surface area contributed by atoms with E-state index in [0.29, 0.717) is 12.2 Å². The zero-order chi connectivity index (χ0) is 21.4. The number of hydrogen-bond donors (Lipinski definition) is 2. The molecule has 0 atom stereocenters. The number of likely N-dealkylation sites (tertiary alicyclic amines) is 2. The summed E-state index contributed by atoms with van der Waals surface area (Å²) in [5.41, 5.74) is 2.86. The molecule has 0 saturated carbocycles. The van der Waals surface area contributed by atoms with Crippen molar-refractivity contribution in [1.29, 1.82) is 0 Å². The van der Waals surface area contributed by atoms with Crippen LogP contribution in [0.5, 0.6) is 0 Å². The van der Waals surface area contributed by atoms with Gasteiger partial charge < -0.3 is 10.3 Å². The molecule has 3 heterocycles. The van der Waals surface area contributed by atoms with Crippen LogP contribution in [0.15, 0.2) is 54.7 Å². The van der Waals surface area contributed by atoms with Crippen LogP contribution >= 0.6 is 11.6 Å². The maximum Gasteiger partial charge on any atom is 0.238 e. The van der Waals surface area contributed by atoms with Crippen LogP contribution in [0.2, 0.25) is 5.02 Å². The van der Waals surface area contributed by atoms with E-state index in [-0.39, 0.29) is 16.3 Å². The molecule has 0 bridgehead atoms. The molecule has 8 heteroatoms. The predicted octanol–water partition coefficient (Wildman–Crippen LogP) is 3.63. The first kappa shape index (κ1) is 20.2. The molecule has 2 N–H and O–H groups in total. The van der Waals surface area contributed by atoms with E-state index in [9.17, 15) is 9.18 Å². The van der Waals surface area contributed by atoms with Crippen LogP contribution in [0.1, 0.15) is 5.69 Å². The number of H-pyrrole nitrogens is 1. The minimum Gasteiger partial charge on any atom is -0.341 e. The van der Waals surface area contributed by atoms with Gasteiger partial charge in [-0.1, -0.05) is 41.9 Å². The molecule has 5 rings (SSSR count). The first-order chi connectivity index (χ1) is 15.0. The molecule has 0 radical (unpaired) electrons. The molecule has 2 saturated heterocycles. The number of aromatic nitrogens is 2. The Balaban J connectivity index is 1.06. The van der Waals surface area contributed by atoms with E-state index >= 15 is 0 Å². The summed E-state index contributed by atoms with van der Waals surface area (Å²) in [6, 6.07) is 14.1. The zero-order valence-electron chi connectivity index (χ0n) is 16.9. The fraction of sp³-hybridized carbons (Fsp3) is 0.304. The van der Waals surface area contributed by atoms with Gasteiger partial charge in [-0.3, -0.25) is 14.6 Å². The Morgan fingerprint density at radius 1 is 1.13 bits per heavy atom. The van der Waals surface area contributed by atoms with Gasteiger partial charge in [-0.25, -0.2) is 9.37 Å². The van der Waals surface area contributed by atoms with E-state index in [1.807, 2.05) is 36.5 Å². The van der Waals surface area contributed by atoms with Crippen molar-refractivity contribution in [2.24, 2.45) is 5.41 Å². The number of nitrogens with zero attached hydrogens (tertiary/aromatic N) is 3. The quantitative estimate of drug-likeness (QED) is 0.615. The number of benzene rings is 2. The van der Waals surface area contributed by atoms with Crippen LogP contribution in [0.4, 0.5) is 10.1 Å². The van der Waals surface area contributed by atoms with Crippen LogP contribution < -0.4 is 5.32 Å². The molecular weight excluding hydrogens is 417 g/mol. The number of anilines is 1. The molecular formula is C23H23ClFN5O. The lowest BCUT2D eigenvalue weighted by atomic mass is 9.73. The van der Waals surface area contributed by atoms with Crippen LogP contribution in [0, 0.1) is 11.2 Å². The van der Waals surface area contributed by atoms with Gasteiger partial charge in [0.05, 0.1) is 6.54 Å². The topological polar surface area (TPSA) is 64.3 Å². The summed E-state index contributed by atoms with van der Waals surface area (Å²) >= 11 is 5.83. The van der Waals surface area contributed by atoms with Gasteiger partial charge in [0.25, 0.3) is 0 Å². The summed E-state index contributed by atoms with van der Waals surface area (Å²) in [6.45, 7) is 4.99. The van der Waals surface area contributed by atoms with E-state index in [1.54, 1.807) is 6.07 Å². The Kier molecular flexibility index (Phi) is 5.25. The van der Waals surface area contributed by atoms with Crippen molar-refractivity contribution in [1.82, 2.24) is 19.8 Å². The third kappa shape index (κ3) is 4.49. The maximum absolute atomic E-state index is 13.4. The molecule has 160 valence electrons. The van der Waals surface area contributed by atoms with E-state index < -0.39 is 5.82 Å². The minimum absolute atomic E-state index is 0.154. The summed E-state index contributed by atoms with van der Waals surface area (Å²) in [7, 11) is 0. The highest BCUT2D eigenvalue weighted by Gasteiger charge is 2.51. The number of imidazole rings is 1. The Hall–Kier alpha value is -2.74. The number of aromatic amines is 1. The predicted molar refractivity (Wildman–Crippen MR) is 118 cm³/mol. The number of amides is 1. The number of halogens is 2. The van der Waals surface area contributed by atoms with Gasteiger partial charge in [0.1, 0.15) is 11.6 Å². The molecule has 0 unspecified atom stereocenters. The lowest BCUT2D eigenvalue weighted by molar-refractivity contribution is -0.134. The van der Waals surface area contributed by atoms with E-state index in [1.165, 1.54) is 12.1 Å². The van der Waals surface area contributed by atoms with Gasteiger partial charge in [0, 0.05) is 66.3 Å². The van der Waals surface area contributed by atoms with Crippen molar-refractivity contribution < 1.29 is 9.18 Å². The van der Waals surface area contributed by atoms with Gasteiger partial charge in [-0.05, 0) is 18.2 Å². The first-order valence-electron chi connectivity index (χ1n) is 10.3. The lowest BCUT2D eigenvalue weighted by Gasteiger charge is -2.60. The maximum atomic E-state index is 13.4. The molecule has 2 fully saturated rings. The van der Waals surface area contributed by atoms with Crippen molar-refractivity contribution in [3.05, 3.63) is 71.3 Å². The van der Waals surface area contributed by atoms with Crippen LogP contribution in [-0.2, 0) is 11.3 Å². The summed E-state index contributed by atoms with van der Waals surface area (Å²) in [5, 5.41) is 2.98. The third-order valence-corrected chi connectivity index (χ3v) is 6.04.